The zero-order chi connectivity index (χ0) is 21.6. The number of Topliss-reactive ketones (excluding diaryl/α,β-unsaturated/α-hetero) is 1. The third kappa shape index (κ3) is 6.27. The summed E-state index contributed by atoms with van der Waals surface area (Å²) in [4.78, 5) is 10.3. The molecule has 1 atom stereocenters. The number of hydrogen-bond donors (Lipinski definition) is 0. The van der Waals surface area contributed by atoms with Crippen LogP contribution in [0.1, 0.15) is 30.9 Å². The SMILES string of the molecule is COC(CCc1ccc(CCSc2c(F)c(F)c(F)c(F)c2F)cc1)CC(C)=O. The van der Waals surface area contributed by atoms with Gasteiger partial charge in [0.05, 0.1) is 11.0 Å². The molecule has 0 spiro atoms. The molecule has 0 heterocycles. The van der Waals surface area contributed by atoms with Crippen molar-refractivity contribution in [2.24, 2.45) is 0 Å². The van der Waals surface area contributed by atoms with Crippen molar-refractivity contribution >= 4 is 17.5 Å². The molecule has 0 aromatic heterocycles. The van der Waals surface area contributed by atoms with Crippen molar-refractivity contribution in [1.82, 2.24) is 0 Å². The van der Waals surface area contributed by atoms with Crippen LogP contribution in [0, 0.1) is 29.1 Å². The number of ketones is 1. The second kappa shape index (κ2) is 10.7. The number of halogens is 5. The molecule has 0 aliphatic heterocycles. The second-order valence-corrected chi connectivity index (χ2v) is 7.72. The molecule has 2 aromatic carbocycles. The molecule has 2 rings (SSSR count). The molecule has 0 bridgehead atoms. The number of carbonyl (C=O) groups excluding carboxylic acids is 1. The van der Waals surface area contributed by atoms with Gasteiger partial charge in [-0.1, -0.05) is 24.3 Å². The molecule has 0 aliphatic rings. The predicted octanol–water partition coefficient (Wildman–Crippen LogP) is 5.64. The van der Waals surface area contributed by atoms with Crippen molar-refractivity contribution in [2.45, 2.75) is 43.6 Å². The Bertz CT molecular complexity index is 826. The molecule has 2 nitrogen and oxygen atoms in total. The lowest BCUT2D eigenvalue weighted by atomic mass is 10.0. The third-order valence-corrected chi connectivity index (χ3v) is 5.49. The topological polar surface area (TPSA) is 26.3 Å². The molecule has 0 fully saturated rings. The van der Waals surface area contributed by atoms with Gasteiger partial charge in [-0.25, -0.2) is 22.0 Å². The lowest BCUT2D eigenvalue weighted by Crippen LogP contribution is -2.15. The molecule has 0 amide bonds. The predicted molar refractivity (Wildman–Crippen MR) is 102 cm³/mol. The van der Waals surface area contributed by atoms with E-state index in [1.807, 2.05) is 24.3 Å². The van der Waals surface area contributed by atoms with Gasteiger partial charge >= 0.3 is 0 Å². The number of aryl methyl sites for hydroxylation is 2. The smallest absolute Gasteiger partial charge is 0.200 e. The summed E-state index contributed by atoms with van der Waals surface area (Å²) in [6.07, 6.45) is 2.06. The fraction of sp³-hybridized carbons (Fsp3) is 0.381. The van der Waals surface area contributed by atoms with Crippen LogP contribution < -0.4 is 0 Å². The van der Waals surface area contributed by atoms with Crippen LogP contribution in [0.3, 0.4) is 0 Å². The average Bonchev–Trinajstić information content (AvgIpc) is 2.71. The lowest BCUT2D eigenvalue weighted by molar-refractivity contribution is -0.119. The number of hydrogen-bond acceptors (Lipinski definition) is 3. The van der Waals surface area contributed by atoms with E-state index in [1.165, 1.54) is 6.92 Å². The Morgan fingerprint density at radius 1 is 0.897 bits per heavy atom. The summed E-state index contributed by atoms with van der Waals surface area (Å²) in [6.45, 7) is 1.52. The van der Waals surface area contributed by atoms with E-state index in [9.17, 15) is 26.7 Å². The monoisotopic (exact) mass is 432 g/mol. The molecular formula is C21H21F5O2S. The maximum atomic E-state index is 13.7. The fourth-order valence-corrected chi connectivity index (χ4v) is 3.78. The maximum absolute atomic E-state index is 13.7. The molecule has 29 heavy (non-hydrogen) atoms. The Hall–Kier alpha value is -1.93. The summed E-state index contributed by atoms with van der Waals surface area (Å²) in [7, 11) is 1.57. The summed E-state index contributed by atoms with van der Waals surface area (Å²) in [6, 6.07) is 7.50. The molecule has 0 radical (unpaired) electrons. The van der Waals surface area contributed by atoms with Crippen molar-refractivity contribution in [3.63, 3.8) is 0 Å². The summed E-state index contributed by atoms with van der Waals surface area (Å²) in [5, 5.41) is 0. The van der Waals surface area contributed by atoms with Gasteiger partial charge in [-0.05, 0) is 37.3 Å². The van der Waals surface area contributed by atoms with E-state index >= 15 is 0 Å². The quantitative estimate of drug-likeness (QED) is 0.210. The molecule has 0 saturated carbocycles. The minimum absolute atomic E-state index is 0.0680. The Morgan fingerprint density at radius 3 is 1.86 bits per heavy atom. The number of methoxy groups -OCH3 is 1. The van der Waals surface area contributed by atoms with Crippen LogP contribution in [0.5, 0.6) is 0 Å². The summed E-state index contributed by atoms with van der Waals surface area (Å²) in [5.74, 6) is -9.41. The van der Waals surface area contributed by atoms with Gasteiger partial charge in [0.15, 0.2) is 23.3 Å². The number of thioether (sulfide) groups is 1. The highest BCUT2D eigenvalue weighted by Gasteiger charge is 2.25. The molecule has 8 heteroatoms. The van der Waals surface area contributed by atoms with Crippen LogP contribution in [0.15, 0.2) is 29.2 Å². The van der Waals surface area contributed by atoms with E-state index in [4.69, 9.17) is 4.74 Å². The van der Waals surface area contributed by atoms with Gasteiger partial charge in [0, 0.05) is 19.3 Å². The van der Waals surface area contributed by atoms with Gasteiger partial charge in [-0.15, -0.1) is 11.8 Å². The van der Waals surface area contributed by atoms with E-state index in [2.05, 4.69) is 0 Å². The Morgan fingerprint density at radius 2 is 1.38 bits per heavy atom. The molecule has 0 saturated heterocycles. The number of benzene rings is 2. The fourth-order valence-electron chi connectivity index (χ4n) is 2.81. The van der Waals surface area contributed by atoms with Crippen molar-refractivity contribution < 1.29 is 31.5 Å². The summed E-state index contributed by atoms with van der Waals surface area (Å²) >= 11 is 0.587. The van der Waals surface area contributed by atoms with Crippen LogP contribution in [-0.4, -0.2) is 24.7 Å². The molecular weight excluding hydrogens is 411 g/mol. The zero-order valence-electron chi connectivity index (χ0n) is 16.0. The van der Waals surface area contributed by atoms with E-state index in [1.54, 1.807) is 7.11 Å². The first-order chi connectivity index (χ1) is 13.7. The minimum atomic E-state index is -2.15. The van der Waals surface area contributed by atoms with E-state index < -0.39 is 34.0 Å². The lowest BCUT2D eigenvalue weighted by Gasteiger charge is -2.13. The first-order valence-electron chi connectivity index (χ1n) is 8.98. The van der Waals surface area contributed by atoms with E-state index in [-0.39, 0.29) is 17.6 Å². The van der Waals surface area contributed by atoms with Crippen LogP contribution in [0.4, 0.5) is 22.0 Å². The van der Waals surface area contributed by atoms with Gasteiger partial charge in [-0.2, -0.15) is 0 Å². The molecule has 0 N–H and O–H groups in total. The highest BCUT2D eigenvalue weighted by atomic mass is 32.2. The average molecular weight is 432 g/mol. The van der Waals surface area contributed by atoms with Crippen molar-refractivity contribution in [2.75, 3.05) is 12.9 Å². The number of rotatable bonds is 10. The van der Waals surface area contributed by atoms with Gasteiger partial charge in [0.1, 0.15) is 5.78 Å². The Labute approximate surface area is 170 Å². The summed E-state index contributed by atoms with van der Waals surface area (Å²) in [5.41, 5.74) is 1.92. The maximum Gasteiger partial charge on any atom is 0.200 e. The second-order valence-electron chi connectivity index (χ2n) is 6.62. The van der Waals surface area contributed by atoms with E-state index in [0.29, 0.717) is 31.0 Å². The van der Waals surface area contributed by atoms with Crippen molar-refractivity contribution in [1.29, 1.82) is 0 Å². The standard InChI is InChI=1S/C21H21F5O2S/c1-12(27)11-15(28-2)8-7-13-3-5-14(6-4-13)9-10-29-21-19(25)17(23)16(22)18(24)20(21)26/h3-6,15H,7-11H2,1-2H3. The van der Waals surface area contributed by atoms with E-state index in [0.717, 1.165) is 17.5 Å². The van der Waals surface area contributed by atoms with Gasteiger partial charge in [0.2, 0.25) is 5.82 Å². The largest absolute Gasteiger partial charge is 0.381 e. The van der Waals surface area contributed by atoms with Crippen LogP contribution in [0.25, 0.3) is 0 Å². The van der Waals surface area contributed by atoms with Crippen molar-refractivity contribution in [3.8, 4) is 0 Å². The van der Waals surface area contributed by atoms with Gasteiger partial charge in [-0.3, -0.25) is 4.79 Å². The third-order valence-electron chi connectivity index (χ3n) is 4.43. The molecule has 1 unspecified atom stereocenters. The molecule has 2 aromatic rings. The summed E-state index contributed by atoms with van der Waals surface area (Å²) < 4.78 is 72.1. The highest BCUT2D eigenvalue weighted by Crippen LogP contribution is 2.31. The van der Waals surface area contributed by atoms with Gasteiger partial charge < -0.3 is 4.74 Å². The molecule has 0 aliphatic carbocycles. The molecule has 158 valence electrons. The Balaban J connectivity index is 1.91. The normalized spacial score (nSPS) is 12.2. The van der Waals surface area contributed by atoms with Gasteiger partial charge in [0.25, 0.3) is 0 Å². The highest BCUT2D eigenvalue weighted by molar-refractivity contribution is 7.99. The first-order valence-corrected chi connectivity index (χ1v) is 9.97. The number of ether oxygens (including phenoxy) is 1. The zero-order valence-corrected chi connectivity index (χ0v) is 16.9. The van der Waals surface area contributed by atoms with Crippen molar-refractivity contribution in [3.05, 3.63) is 64.5 Å². The number of carbonyl (C=O) groups is 1. The van der Waals surface area contributed by atoms with Crippen LogP contribution in [0.2, 0.25) is 0 Å². The first kappa shape index (κ1) is 23.3. The minimum Gasteiger partial charge on any atom is -0.381 e. The van der Waals surface area contributed by atoms with Crippen LogP contribution >= 0.6 is 11.8 Å². The Kier molecular flexibility index (Phi) is 8.64. The van der Waals surface area contributed by atoms with Crippen LogP contribution in [-0.2, 0) is 22.4 Å².